The Morgan fingerprint density at radius 2 is 1.55 bits per heavy atom. The molecule has 22 heavy (non-hydrogen) atoms. The van der Waals surface area contributed by atoms with Crippen molar-refractivity contribution in [3.8, 4) is 0 Å². The van der Waals surface area contributed by atoms with Gasteiger partial charge in [0, 0.05) is 5.02 Å². The molecule has 0 spiro atoms. The highest BCUT2D eigenvalue weighted by Crippen LogP contribution is 2.18. The highest BCUT2D eigenvalue weighted by Gasteiger charge is 2.12. The first-order chi connectivity index (χ1) is 10.3. The van der Waals surface area contributed by atoms with Crippen LogP contribution >= 0.6 is 11.6 Å². The fourth-order valence-electron chi connectivity index (χ4n) is 1.16. The molecule has 9 heteroatoms. The quantitative estimate of drug-likeness (QED) is 0.455. The van der Waals surface area contributed by atoms with E-state index in [1.54, 1.807) is 24.3 Å². The van der Waals surface area contributed by atoms with E-state index in [0.29, 0.717) is 16.2 Å². The summed E-state index contributed by atoms with van der Waals surface area (Å²) in [5.41, 5.74) is 1.06. The molecule has 0 aliphatic carbocycles. The van der Waals surface area contributed by atoms with Gasteiger partial charge in [0.1, 0.15) is 5.57 Å². The minimum atomic E-state index is -3.66. The van der Waals surface area contributed by atoms with Crippen LogP contribution in [0.3, 0.4) is 0 Å². The fraction of sp³-hybridized carbons (Fsp3) is 0.308. The van der Waals surface area contributed by atoms with E-state index in [-0.39, 0.29) is 0 Å². The number of hydrogen-bond acceptors (Lipinski definition) is 7. The first-order valence-electron chi connectivity index (χ1n) is 5.74. The van der Waals surface area contributed by atoms with Crippen molar-refractivity contribution in [2.75, 3.05) is 28.4 Å². The molecule has 0 heterocycles. The Bertz CT molecular complexity index is 583. The standard InChI is InChI=1S/C11H11ClO3.C2H6O4S/c1-14-7-10(11(13)15-2)8-3-5-9(12)6-4-8;1-5-7(3,4)6-2/h3-7H,1-2H3;1-2H3. The van der Waals surface area contributed by atoms with Crippen LogP contribution in [0.4, 0.5) is 0 Å². The molecular formula is C13H17ClO7S. The first kappa shape index (κ1) is 20.4. The Kier molecular flexibility index (Phi) is 9.43. The number of carbonyl (C=O) groups excluding carboxylic acids is 1. The molecule has 7 nitrogen and oxygen atoms in total. The van der Waals surface area contributed by atoms with Gasteiger partial charge in [0.25, 0.3) is 0 Å². The number of carbonyl (C=O) groups is 1. The van der Waals surface area contributed by atoms with E-state index < -0.39 is 16.4 Å². The lowest BCUT2D eigenvalue weighted by Crippen LogP contribution is -2.04. The van der Waals surface area contributed by atoms with Crippen molar-refractivity contribution in [2.45, 2.75) is 0 Å². The van der Waals surface area contributed by atoms with Crippen molar-refractivity contribution < 1.29 is 31.1 Å². The molecule has 0 saturated carbocycles. The first-order valence-corrected chi connectivity index (χ1v) is 7.45. The minimum absolute atomic E-state index is 0.358. The second kappa shape index (κ2) is 10.2. The molecule has 0 bridgehead atoms. The van der Waals surface area contributed by atoms with Crippen molar-refractivity contribution in [3.05, 3.63) is 41.1 Å². The predicted molar refractivity (Wildman–Crippen MR) is 81.4 cm³/mol. The summed E-state index contributed by atoms with van der Waals surface area (Å²) in [4.78, 5) is 11.4. The van der Waals surface area contributed by atoms with E-state index in [9.17, 15) is 13.2 Å². The summed E-state index contributed by atoms with van der Waals surface area (Å²) in [6.45, 7) is 0. The molecule has 0 aromatic heterocycles. The third-order valence-corrected chi connectivity index (χ3v) is 3.27. The molecular weight excluding hydrogens is 336 g/mol. The van der Waals surface area contributed by atoms with Crippen LogP contribution in [0, 0.1) is 0 Å². The summed E-state index contributed by atoms with van der Waals surface area (Å²) in [5, 5.41) is 0.611. The van der Waals surface area contributed by atoms with Crippen LogP contribution in [0.25, 0.3) is 5.57 Å². The molecule has 0 atom stereocenters. The summed E-state index contributed by atoms with van der Waals surface area (Å²) in [7, 11) is 1.19. The van der Waals surface area contributed by atoms with Gasteiger partial charge in [-0.25, -0.2) is 4.79 Å². The van der Waals surface area contributed by atoms with Crippen molar-refractivity contribution in [2.24, 2.45) is 0 Å². The number of ether oxygens (including phenoxy) is 2. The van der Waals surface area contributed by atoms with Crippen LogP contribution in [0.2, 0.25) is 5.02 Å². The van der Waals surface area contributed by atoms with Crippen molar-refractivity contribution in [1.29, 1.82) is 0 Å². The lowest BCUT2D eigenvalue weighted by Gasteiger charge is -2.05. The van der Waals surface area contributed by atoms with Crippen LogP contribution in [0.5, 0.6) is 0 Å². The molecule has 1 rings (SSSR count). The SMILES string of the molecule is COC=C(C(=O)OC)c1ccc(Cl)cc1.COS(=O)(=O)OC. The summed E-state index contributed by atoms with van der Waals surface area (Å²) in [6, 6.07) is 6.85. The maximum atomic E-state index is 11.4. The minimum Gasteiger partial charge on any atom is -0.503 e. The van der Waals surface area contributed by atoms with E-state index in [1.807, 2.05) is 0 Å². The van der Waals surface area contributed by atoms with E-state index in [4.69, 9.17) is 16.3 Å². The summed E-state index contributed by atoms with van der Waals surface area (Å²) in [6.07, 6.45) is 1.34. The zero-order valence-corrected chi connectivity index (χ0v) is 14.1. The monoisotopic (exact) mass is 352 g/mol. The summed E-state index contributed by atoms with van der Waals surface area (Å²) in [5.74, 6) is -0.445. The third-order valence-electron chi connectivity index (χ3n) is 2.20. The summed E-state index contributed by atoms with van der Waals surface area (Å²) >= 11 is 5.74. The average molecular weight is 353 g/mol. The Balaban J connectivity index is 0.000000534. The van der Waals surface area contributed by atoms with Crippen LogP contribution in [-0.2, 0) is 33.0 Å². The fourth-order valence-corrected chi connectivity index (χ4v) is 1.42. The molecule has 0 aliphatic heterocycles. The van der Waals surface area contributed by atoms with E-state index in [1.165, 1.54) is 20.5 Å². The average Bonchev–Trinajstić information content (AvgIpc) is 2.53. The van der Waals surface area contributed by atoms with Crippen LogP contribution < -0.4 is 0 Å². The Morgan fingerprint density at radius 1 is 1.05 bits per heavy atom. The van der Waals surface area contributed by atoms with Gasteiger partial charge in [-0.05, 0) is 17.7 Å². The number of benzene rings is 1. The number of hydrogen-bond donors (Lipinski definition) is 0. The predicted octanol–water partition coefficient (Wildman–Crippen LogP) is 2.02. The Labute approximate surface area is 134 Å². The van der Waals surface area contributed by atoms with Crippen molar-refractivity contribution in [1.82, 2.24) is 0 Å². The normalized spacial score (nSPS) is 11.2. The molecule has 0 aliphatic rings. The van der Waals surface area contributed by atoms with Gasteiger partial charge in [0.15, 0.2) is 0 Å². The maximum absolute atomic E-state index is 11.4. The van der Waals surface area contributed by atoms with E-state index in [2.05, 4.69) is 13.1 Å². The van der Waals surface area contributed by atoms with Crippen LogP contribution in [0.1, 0.15) is 5.56 Å². The van der Waals surface area contributed by atoms with Gasteiger partial charge in [-0.2, -0.15) is 8.42 Å². The van der Waals surface area contributed by atoms with Gasteiger partial charge in [0.2, 0.25) is 0 Å². The lowest BCUT2D eigenvalue weighted by molar-refractivity contribution is -0.133. The third kappa shape index (κ3) is 7.41. The van der Waals surface area contributed by atoms with Gasteiger partial charge < -0.3 is 9.47 Å². The molecule has 0 radical (unpaired) electrons. The molecule has 0 saturated heterocycles. The Morgan fingerprint density at radius 3 is 1.86 bits per heavy atom. The number of methoxy groups -OCH3 is 2. The molecule has 0 amide bonds. The van der Waals surface area contributed by atoms with E-state index in [0.717, 1.165) is 14.2 Å². The van der Waals surface area contributed by atoms with Gasteiger partial charge >= 0.3 is 16.4 Å². The smallest absolute Gasteiger partial charge is 0.399 e. The van der Waals surface area contributed by atoms with Crippen LogP contribution in [-0.4, -0.2) is 42.8 Å². The molecule has 1 aromatic rings. The molecule has 124 valence electrons. The molecule has 0 unspecified atom stereocenters. The zero-order valence-electron chi connectivity index (χ0n) is 12.5. The second-order valence-electron chi connectivity index (χ2n) is 3.51. The summed E-state index contributed by atoms with van der Waals surface area (Å²) < 4.78 is 37.0. The van der Waals surface area contributed by atoms with Gasteiger partial charge in [0.05, 0.1) is 34.7 Å². The largest absolute Gasteiger partial charge is 0.503 e. The van der Waals surface area contributed by atoms with Gasteiger partial charge in [-0.1, -0.05) is 23.7 Å². The van der Waals surface area contributed by atoms with Crippen LogP contribution in [0.15, 0.2) is 30.5 Å². The van der Waals surface area contributed by atoms with Gasteiger partial charge in [-0.15, -0.1) is 0 Å². The molecule has 0 N–H and O–H groups in total. The molecule has 0 fully saturated rings. The second-order valence-corrected chi connectivity index (χ2v) is 5.43. The highest BCUT2D eigenvalue weighted by molar-refractivity contribution is 7.81. The zero-order chi connectivity index (χ0) is 17.2. The highest BCUT2D eigenvalue weighted by atomic mass is 35.5. The van der Waals surface area contributed by atoms with Crippen molar-refractivity contribution >= 4 is 33.5 Å². The number of halogens is 1. The van der Waals surface area contributed by atoms with E-state index >= 15 is 0 Å². The number of esters is 1. The van der Waals surface area contributed by atoms with Gasteiger partial charge in [-0.3, -0.25) is 8.37 Å². The number of rotatable bonds is 5. The topological polar surface area (TPSA) is 88.1 Å². The Hall–Kier alpha value is -1.61. The lowest BCUT2D eigenvalue weighted by atomic mass is 10.1. The maximum Gasteiger partial charge on any atom is 0.399 e. The van der Waals surface area contributed by atoms with Crippen molar-refractivity contribution in [3.63, 3.8) is 0 Å². The molecule has 1 aromatic carbocycles.